The Morgan fingerprint density at radius 1 is 1.08 bits per heavy atom. The van der Waals surface area contributed by atoms with Gasteiger partial charge in [0.15, 0.2) is 11.5 Å². The van der Waals surface area contributed by atoms with E-state index in [1.165, 1.54) is 12.1 Å². The quantitative estimate of drug-likeness (QED) is 0.884. The van der Waals surface area contributed by atoms with Gasteiger partial charge >= 0.3 is 0 Å². The summed E-state index contributed by atoms with van der Waals surface area (Å²) in [6, 6.07) is 9.82. The summed E-state index contributed by atoms with van der Waals surface area (Å²) in [7, 11) is -2.15. The van der Waals surface area contributed by atoms with Crippen molar-refractivity contribution in [2.75, 3.05) is 20.3 Å². The van der Waals surface area contributed by atoms with E-state index in [-0.39, 0.29) is 4.90 Å². The molecule has 1 aliphatic heterocycles. The van der Waals surface area contributed by atoms with Gasteiger partial charge in [-0.25, -0.2) is 13.1 Å². The molecule has 6 nitrogen and oxygen atoms in total. The number of methoxy groups -OCH3 is 1. The highest BCUT2D eigenvalue weighted by Gasteiger charge is 2.23. The number of aryl methyl sites for hydroxylation is 1. The first kappa shape index (κ1) is 17.6. The molecule has 0 spiro atoms. The Balaban J connectivity index is 1.87. The summed E-state index contributed by atoms with van der Waals surface area (Å²) < 4.78 is 44.4. The topological polar surface area (TPSA) is 73.9 Å². The number of hydrogen-bond acceptors (Lipinski definition) is 5. The molecule has 134 valence electrons. The SMILES string of the molecule is COc1ccc(C)cc1C(C)NS(=O)(=O)c1ccc2c(c1)OCCO2. The summed E-state index contributed by atoms with van der Waals surface area (Å²) in [4.78, 5) is 0.134. The molecule has 0 saturated carbocycles. The van der Waals surface area contributed by atoms with Gasteiger partial charge in [-0.05, 0) is 32.0 Å². The average molecular weight is 363 g/mol. The van der Waals surface area contributed by atoms with Crippen molar-refractivity contribution in [3.63, 3.8) is 0 Å². The first-order valence-corrected chi connectivity index (χ1v) is 9.45. The zero-order valence-corrected chi connectivity index (χ0v) is 15.2. The predicted molar refractivity (Wildman–Crippen MR) is 93.9 cm³/mol. The minimum absolute atomic E-state index is 0.134. The monoisotopic (exact) mass is 363 g/mol. The third kappa shape index (κ3) is 3.72. The summed E-state index contributed by atoms with van der Waals surface area (Å²) in [6.07, 6.45) is 0. The van der Waals surface area contributed by atoms with Crippen molar-refractivity contribution in [1.82, 2.24) is 4.72 Å². The van der Waals surface area contributed by atoms with Crippen LogP contribution in [0.5, 0.6) is 17.2 Å². The van der Waals surface area contributed by atoms with Crippen LogP contribution in [0.15, 0.2) is 41.3 Å². The molecule has 3 rings (SSSR count). The largest absolute Gasteiger partial charge is 0.496 e. The number of fused-ring (bicyclic) bond motifs is 1. The van der Waals surface area contributed by atoms with Crippen molar-refractivity contribution < 1.29 is 22.6 Å². The molecule has 0 radical (unpaired) electrons. The number of ether oxygens (including phenoxy) is 3. The van der Waals surface area contributed by atoms with E-state index in [1.807, 2.05) is 25.1 Å². The summed E-state index contributed by atoms with van der Waals surface area (Å²) >= 11 is 0. The summed E-state index contributed by atoms with van der Waals surface area (Å²) in [5, 5.41) is 0. The van der Waals surface area contributed by atoms with Crippen LogP contribution in [-0.2, 0) is 10.0 Å². The molecule has 1 unspecified atom stereocenters. The van der Waals surface area contributed by atoms with Gasteiger partial charge in [-0.3, -0.25) is 0 Å². The maximum Gasteiger partial charge on any atom is 0.241 e. The van der Waals surface area contributed by atoms with E-state index in [0.717, 1.165) is 11.1 Å². The molecule has 0 aliphatic carbocycles. The van der Waals surface area contributed by atoms with Gasteiger partial charge in [0.05, 0.1) is 12.0 Å². The van der Waals surface area contributed by atoms with Gasteiger partial charge in [-0.2, -0.15) is 0 Å². The molecule has 0 amide bonds. The van der Waals surface area contributed by atoms with E-state index in [2.05, 4.69) is 4.72 Å². The third-order valence-corrected chi connectivity index (χ3v) is 5.55. The lowest BCUT2D eigenvalue weighted by Gasteiger charge is -2.20. The molecule has 25 heavy (non-hydrogen) atoms. The van der Waals surface area contributed by atoms with E-state index in [1.54, 1.807) is 20.1 Å². The van der Waals surface area contributed by atoms with Crippen LogP contribution in [0, 0.1) is 6.92 Å². The highest BCUT2D eigenvalue weighted by Crippen LogP contribution is 2.33. The number of benzene rings is 2. The lowest BCUT2D eigenvalue weighted by Crippen LogP contribution is -2.27. The number of rotatable bonds is 5. The first-order chi connectivity index (χ1) is 11.9. The second kappa shape index (κ2) is 6.93. The highest BCUT2D eigenvalue weighted by molar-refractivity contribution is 7.89. The second-order valence-corrected chi connectivity index (χ2v) is 7.61. The molecule has 1 atom stereocenters. The Labute approximate surface area is 147 Å². The molecule has 1 N–H and O–H groups in total. The summed E-state index contributed by atoms with van der Waals surface area (Å²) in [6.45, 7) is 4.60. The Morgan fingerprint density at radius 2 is 1.80 bits per heavy atom. The second-order valence-electron chi connectivity index (χ2n) is 5.89. The molecule has 0 bridgehead atoms. The molecule has 0 saturated heterocycles. The Bertz CT molecular complexity index is 879. The van der Waals surface area contributed by atoms with Crippen LogP contribution in [0.1, 0.15) is 24.1 Å². The molecule has 0 aromatic heterocycles. The van der Waals surface area contributed by atoms with Gasteiger partial charge in [0, 0.05) is 17.7 Å². The number of hydrogen-bond donors (Lipinski definition) is 1. The molecule has 1 aliphatic rings. The van der Waals surface area contributed by atoms with E-state index in [0.29, 0.717) is 30.5 Å². The van der Waals surface area contributed by atoms with Gasteiger partial charge in [-0.1, -0.05) is 17.7 Å². The molecule has 2 aromatic carbocycles. The minimum Gasteiger partial charge on any atom is -0.496 e. The standard InChI is InChI=1S/C18H21NO5S/c1-12-4-6-16(22-3)15(10-12)13(2)19-25(20,21)14-5-7-17-18(11-14)24-9-8-23-17/h4-7,10-11,13,19H,8-9H2,1-3H3. The summed E-state index contributed by atoms with van der Waals surface area (Å²) in [5.41, 5.74) is 1.81. The van der Waals surface area contributed by atoms with E-state index in [9.17, 15) is 8.42 Å². The maximum atomic E-state index is 12.7. The smallest absolute Gasteiger partial charge is 0.241 e. The summed E-state index contributed by atoms with van der Waals surface area (Å²) in [5.74, 6) is 1.64. The fourth-order valence-electron chi connectivity index (χ4n) is 2.75. The fourth-order valence-corrected chi connectivity index (χ4v) is 3.99. The molecular formula is C18H21NO5S. The average Bonchev–Trinajstić information content (AvgIpc) is 2.60. The van der Waals surface area contributed by atoms with Gasteiger partial charge < -0.3 is 14.2 Å². The molecule has 2 aromatic rings. The fraction of sp³-hybridized carbons (Fsp3) is 0.333. The van der Waals surface area contributed by atoms with E-state index < -0.39 is 16.1 Å². The van der Waals surface area contributed by atoms with Crippen LogP contribution in [0.2, 0.25) is 0 Å². The molecular weight excluding hydrogens is 342 g/mol. The van der Waals surface area contributed by atoms with Crippen LogP contribution in [0.3, 0.4) is 0 Å². The molecule has 0 fully saturated rings. The minimum atomic E-state index is -3.72. The maximum absolute atomic E-state index is 12.7. The third-order valence-electron chi connectivity index (χ3n) is 4.01. The van der Waals surface area contributed by atoms with Gasteiger partial charge in [0.2, 0.25) is 10.0 Å². The van der Waals surface area contributed by atoms with Crippen LogP contribution < -0.4 is 18.9 Å². The number of nitrogens with one attached hydrogen (secondary N) is 1. The van der Waals surface area contributed by atoms with Crippen molar-refractivity contribution in [2.24, 2.45) is 0 Å². The van der Waals surface area contributed by atoms with Crippen LogP contribution in [-0.4, -0.2) is 28.7 Å². The van der Waals surface area contributed by atoms with Gasteiger partial charge in [0.1, 0.15) is 19.0 Å². The van der Waals surface area contributed by atoms with Crippen molar-refractivity contribution in [1.29, 1.82) is 0 Å². The van der Waals surface area contributed by atoms with Crippen LogP contribution >= 0.6 is 0 Å². The zero-order valence-electron chi connectivity index (χ0n) is 14.4. The Morgan fingerprint density at radius 3 is 2.52 bits per heavy atom. The van der Waals surface area contributed by atoms with Crippen molar-refractivity contribution >= 4 is 10.0 Å². The Hall–Kier alpha value is -2.25. The number of sulfonamides is 1. The zero-order chi connectivity index (χ0) is 18.0. The molecule has 1 heterocycles. The highest BCUT2D eigenvalue weighted by atomic mass is 32.2. The molecule has 7 heteroatoms. The van der Waals surface area contributed by atoms with Crippen LogP contribution in [0.4, 0.5) is 0 Å². The first-order valence-electron chi connectivity index (χ1n) is 7.97. The Kier molecular flexibility index (Phi) is 4.87. The van der Waals surface area contributed by atoms with E-state index in [4.69, 9.17) is 14.2 Å². The lowest BCUT2D eigenvalue weighted by molar-refractivity contribution is 0.171. The van der Waals surface area contributed by atoms with Crippen molar-refractivity contribution in [3.05, 3.63) is 47.5 Å². The van der Waals surface area contributed by atoms with Gasteiger partial charge in [0.25, 0.3) is 0 Å². The van der Waals surface area contributed by atoms with Crippen molar-refractivity contribution in [3.8, 4) is 17.2 Å². The van der Waals surface area contributed by atoms with E-state index >= 15 is 0 Å². The van der Waals surface area contributed by atoms with Crippen molar-refractivity contribution in [2.45, 2.75) is 24.8 Å². The predicted octanol–water partition coefficient (Wildman–Crippen LogP) is 2.81. The van der Waals surface area contributed by atoms with Gasteiger partial charge in [-0.15, -0.1) is 0 Å². The lowest BCUT2D eigenvalue weighted by atomic mass is 10.1. The van der Waals surface area contributed by atoms with Crippen LogP contribution in [0.25, 0.3) is 0 Å². The normalized spacial score (nSPS) is 14.8.